The molecular formula is C22H30N3O3+. The van der Waals surface area contributed by atoms with Crippen LogP contribution in [0.1, 0.15) is 50.7 Å². The van der Waals surface area contributed by atoms with Crippen LogP contribution in [0.5, 0.6) is 0 Å². The van der Waals surface area contributed by atoms with Crippen molar-refractivity contribution in [2.75, 3.05) is 7.11 Å². The SMILES string of the molecule is COC(=O)C[C@@H](C(C)C)[N+](=O)N1[C@@H]2CC[C@@H](C2)[C@H]1C1=Nc2ccc(C)cc2C1. The Bertz CT molecular complexity index is 832. The van der Waals surface area contributed by atoms with Gasteiger partial charge in [0.1, 0.15) is 17.3 Å². The van der Waals surface area contributed by atoms with Crippen LogP contribution >= 0.6 is 0 Å². The Morgan fingerprint density at radius 3 is 2.86 bits per heavy atom. The number of carbonyl (C=O) groups excluding carboxylic acids is 1. The fourth-order valence-corrected chi connectivity index (χ4v) is 5.19. The lowest BCUT2D eigenvalue weighted by Crippen LogP contribution is -2.54. The number of hydrogen-bond acceptors (Lipinski definition) is 4. The molecule has 0 spiro atoms. The first-order valence-corrected chi connectivity index (χ1v) is 10.4. The van der Waals surface area contributed by atoms with E-state index in [9.17, 15) is 9.70 Å². The number of esters is 1. The van der Waals surface area contributed by atoms with Crippen LogP contribution in [0.25, 0.3) is 0 Å². The lowest BCUT2D eigenvalue weighted by Gasteiger charge is -2.31. The summed E-state index contributed by atoms with van der Waals surface area (Å²) in [6.45, 7) is 6.09. The van der Waals surface area contributed by atoms with Gasteiger partial charge in [-0.1, -0.05) is 31.5 Å². The molecule has 1 aromatic carbocycles. The first-order chi connectivity index (χ1) is 13.4. The Labute approximate surface area is 166 Å². The molecule has 4 rings (SSSR count). The molecule has 1 aliphatic carbocycles. The van der Waals surface area contributed by atoms with Gasteiger partial charge in [-0.05, 0) is 43.7 Å². The molecule has 2 bridgehead atoms. The molecule has 1 saturated carbocycles. The first-order valence-electron chi connectivity index (χ1n) is 10.4. The molecule has 0 radical (unpaired) electrons. The van der Waals surface area contributed by atoms with Crippen LogP contribution in [0.15, 0.2) is 23.2 Å². The summed E-state index contributed by atoms with van der Waals surface area (Å²) < 4.78 is 4.84. The number of nitroso groups, excluding NO2 is 1. The quantitative estimate of drug-likeness (QED) is 0.553. The number of ether oxygens (including phenoxy) is 1. The summed E-state index contributed by atoms with van der Waals surface area (Å²) >= 11 is 0. The molecule has 4 atom stereocenters. The third-order valence-electron chi connectivity index (χ3n) is 6.65. The number of rotatable bonds is 6. The van der Waals surface area contributed by atoms with Gasteiger partial charge in [-0.3, -0.25) is 9.79 Å². The zero-order chi connectivity index (χ0) is 20.0. The van der Waals surface area contributed by atoms with E-state index in [4.69, 9.17) is 9.73 Å². The summed E-state index contributed by atoms with van der Waals surface area (Å²) in [6.07, 6.45) is 4.17. The Morgan fingerprint density at radius 2 is 2.14 bits per heavy atom. The fourth-order valence-electron chi connectivity index (χ4n) is 5.19. The van der Waals surface area contributed by atoms with Crippen molar-refractivity contribution in [3.8, 4) is 0 Å². The molecule has 0 aromatic heterocycles. The molecule has 0 amide bonds. The molecule has 150 valence electrons. The monoisotopic (exact) mass is 384 g/mol. The second-order valence-corrected chi connectivity index (χ2v) is 8.86. The number of benzene rings is 1. The van der Waals surface area contributed by atoms with Crippen LogP contribution in [0.4, 0.5) is 5.69 Å². The number of hydrazine groups is 1. The lowest BCUT2D eigenvalue weighted by molar-refractivity contribution is -0.747. The van der Waals surface area contributed by atoms with Gasteiger partial charge in [0.15, 0.2) is 0 Å². The average molecular weight is 385 g/mol. The minimum atomic E-state index is -0.416. The number of aryl methyl sites for hydroxylation is 1. The van der Waals surface area contributed by atoms with Gasteiger partial charge in [-0.25, -0.2) is 0 Å². The van der Waals surface area contributed by atoms with E-state index in [1.807, 2.05) is 18.9 Å². The normalized spacial score (nSPS) is 26.4. The largest absolute Gasteiger partial charge is 0.469 e. The number of nitrogens with zero attached hydrogens (tertiary/aromatic N) is 3. The maximum absolute atomic E-state index is 13.5. The second kappa shape index (κ2) is 7.30. The minimum absolute atomic E-state index is 0.0443. The lowest BCUT2D eigenvalue weighted by atomic mass is 9.92. The van der Waals surface area contributed by atoms with Crippen molar-refractivity contribution in [1.29, 1.82) is 0 Å². The Balaban J connectivity index is 1.61. The molecule has 2 heterocycles. The molecule has 0 N–H and O–H groups in total. The molecule has 6 heteroatoms. The number of aliphatic imine (C=N–C) groups is 1. The molecule has 3 aliphatic rings. The predicted molar refractivity (Wildman–Crippen MR) is 108 cm³/mol. The van der Waals surface area contributed by atoms with Crippen molar-refractivity contribution in [3.05, 3.63) is 34.2 Å². The highest BCUT2D eigenvalue weighted by atomic mass is 16.5. The van der Waals surface area contributed by atoms with E-state index in [0.29, 0.717) is 5.92 Å². The number of fused-ring (bicyclic) bond motifs is 3. The summed E-state index contributed by atoms with van der Waals surface area (Å²) in [5, 5.41) is 2.01. The van der Waals surface area contributed by atoms with Gasteiger partial charge < -0.3 is 4.74 Å². The summed E-state index contributed by atoms with van der Waals surface area (Å²) in [7, 11) is 1.38. The second-order valence-electron chi connectivity index (χ2n) is 8.86. The van der Waals surface area contributed by atoms with Crippen LogP contribution in [0.2, 0.25) is 0 Å². The molecular weight excluding hydrogens is 354 g/mol. The van der Waals surface area contributed by atoms with Gasteiger partial charge in [-0.2, -0.15) is 0 Å². The van der Waals surface area contributed by atoms with E-state index in [-0.39, 0.29) is 30.4 Å². The summed E-state index contributed by atoms with van der Waals surface area (Å²) in [5.74, 6) is 0.199. The van der Waals surface area contributed by atoms with Crippen molar-refractivity contribution >= 4 is 17.4 Å². The Hall–Kier alpha value is -2.24. The van der Waals surface area contributed by atoms with E-state index in [1.165, 1.54) is 18.2 Å². The third kappa shape index (κ3) is 3.23. The fraction of sp³-hybridized carbons (Fsp3) is 0.636. The van der Waals surface area contributed by atoms with Crippen LogP contribution in [0.3, 0.4) is 0 Å². The molecule has 2 fully saturated rings. The molecule has 0 unspecified atom stereocenters. The Morgan fingerprint density at radius 1 is 1.36 bits per heavy atom. The van der Waals surface area contributed by atoms with Gasteiger partial charge in [0.2, 0.25) is 6.04 Å². The number of carbonyl (C=O) groups is 1. The van der Waals surface area contributed by atoms with E-state index < -0.39 is 6.04 Å². The Kier molecular flexibility index (Phi) is 4.98. The van der Waals surface area contributed by atoms with E-state index >= 15 is 0 Å². The smallest absolute Gasteiger partial charge is 0.312 e. The minimum Gasteiger partial charge on any atom is -0.469 e. The molecule has 6 nitrogen and oxygen atoms in total. The third-order valence-corrected chi connectivity index (χ3v) is 6.65. The van der Waals surface area contributed by atoms with Crippen LogP contribution in [-0.4, -0.2) is 46.8 Å². The summed E-state index contributed by atoms with van der Waals surface area (Å²) in [4.78, 5) is 31.4. The first kappa shape index (κ1) is 19.1. The van der Waals surface area contributed by atoms with Gasteiger partial charge in [-0.15, -0.1) is 5.01 Å². The molecule has 28 heavy (non-hydrogen) atoms. The topological polar surface area (TPSA) is 62.0 Å². The zero-order valence-corrected chi connectivity index (χ0v) is 17.2. The van der Waals surface area contributed by atoms with Crippen molar-refractivity contribution in [2.45, 2.75) is 71.0 Å². The number of piperidine rings is 1. The molecule has 1 aromatic rings. The molecule has 2 aliphatic heterocycles. The van der Waals surface area contributed by atoms with Crippen LogP contribution in [0, 0.1) is 23.7 Å². The van der Waals surface area contributed by atoms with Gasteiger partial charge in [0, 0.05) is 12.3 Å². The van der Waals surface area contributed by atoms with E-state index in [0.717, 1.165) is 42.0 Å². The van der Waals surface area contributed by atoms with Crippen molar-refractivity contribution in [2.24, 2.45) is 16.8 Å². The number of hydrogen-bond donors (Lipinski definition) is 0. The highest BCUT2D eigenvalue weighted by molar-refractivity contribution is 5.98. The van der Waals surface area contributed by atoms with Gasteiger partial charge in [0.05, 0.1) is 29.5 Å². The van der Waals surface area contributed by atoms with E-state index in [2.05, 4.69) is 25.1 Å². The van der Waals surface area contributed by atoms with E-state index in [1.54, 1.807) is 0 Å². The van der Waals surface area contributed by atoms with Crippen molar-refractivity contribution < 1.29 is 14.4 Å². The summed E-state index contributed by atoms with van der Waals surface area (Å²) in [5.41, 5.74) is 4.64. The van der Waals surface area contributed by atoms with Crippen molar-refractivity contribution in [3.63, 3.8) is 0 Å². The maximum Gasteiger partial charge on any atom is 0.312 e. The molecule has 1 saturated heterocycles. The average Bonchev–Trinajstić information content (AvgIpc) is 3.37. The van der Waals surface area contributed by atoms with Crippen LogP contribution < -0.4 is 0 Å². The standard InChI is InChI=1S/C22H30N3O3/c1-13(2)20(12-21(26)28-4)25(27)24-17-7-6-15(10-17)22(24)19-11-16-9-14(3)5-8-18(16)23-19/h5,8-9,13,15,17,20,22H,6-7,10-12H2,1-4H3/q+1/t15-,17+,20-,22-/m0/s1. The maximum atomic E-state index is 13.5. The predicted octanol–water partition coefficient (Wildman–Crippen LogP) is 3.76. The highest BCUT2D eigenvalue weighted by Gasteiger charge is 2.57. The van der Waals surface area contributed by atoms with Gasteiger partial charge >= 0.3 is 5.97 Å². The van der Waals surface area contributed by atoms with Gasteiger partial charge in [0.25, 0.3) is 0 Å². The van der Waals surface area contributed by atoms with Crippen molar-refractivity contribution in [1.82, 2.24) is 5.01 Å². The number of methoxy groups -OCH3 is 1. The summed E-state index contributed by atoms with van der Waals surface area (Å²) in [6, 6.07) is 6.25. The van der Waals surface area contributed by atoms with Crippen LogP contribution in [-0.2, 0) is 16.0 Å². The zero-order valence-electron chi connectivity index (χ0n) is 17.2. The highest BCUT2D eigenvalue weighted by Crippen LogP contribution is 2.45.